The minimum atomic E-state index is 0. The molecule has 1 unspecified atom stereocenters. The maximum Gasteiger partial charge on any atom is 0.0493 e. The topological polar surface area (TPSA) is 17.0 Å². The predicted molar refractivity (Wildman–Crippen MR) is 141 cm³/mol. The maximum absolute atomic E-state index is 6.47. The van der Waals surface area contributed by atoms with Crippen molar-refractivity contribution in [1.82, 2.24) is 9.88 Å². The zero-order valence-corrected chi connectivity index (χ0v) is 20.8. The first-order valence-electron chi connectivity index (χ1n) is 10.8. The summed E-state index contributed by atoms with van der Waals surface area (Å²) >= 11 is 12.6. The fourth-order valence-electron chi connectivity index (χ4n) is 4.16. The number of nitrogens with zero attached hydrogens (tertiary/aromatic N) is 1. The Hall–Kier alpha value is -1.97. The van der Waals surface area contributed by atoms with Gasteiger partial charge in [-0.3, -0.25) is 0 Å². The summed E-state index contributed by atoms with van der Waals surface area (Å²) in [5, 5.41) is 6.41. The predicted octanol–water partition coefficient (Wildman–Crippen LogP) is 7.84. The van der Waals surface area contributed by atoms with E-state index in [1.807, 2.05) is 18.2 Å². The third kappa shape index (κ3) is 5.68. The van der Waals surface area contributed by atoms with Crippen LogP contribution in [-0.4, -0.2) is 10.6 Å². The third-order valence-corrected chi connectivity index (χ3v) is 6.63. The Labute approximate surface area is 207 Å². The molecule has 0 aliphatic heterocycles. The van der Waals surface area contributed by atoms with Crippen LogP contribution in [0.4, 0.5) is 0 Å². The van der Waals surface area contributed by atoms with Crippen molar-refractivity contribution < 1.29 is 0 Å². The van der Waals surface area contributed by atoms with Gasteiger partial charge in [-0.25, -0.2) is 0 Å². The van der Waals surface area contributed by atoms with Crippen molar-refractivity contribution in [3.63, 3.8) is 0 Å². The van der Waals surface area contributed by atoms with Gasteiger partial charge in [-0.05, 0) is 61.6 Å². The van der Waals surface area contributed by atoms with Crippen LogP contribution < -0.4 is 5.32 Å². The molecule has 0 aliphatic rings. The summed E-state index contributed by atoms with van der Waals surface area (Å²) in [5.41, 5.74) is 6.33. The highest BCUT2D eigenvalue weighted by Gasteiger charge is 2.15. The summed E-state index contributed by atoms with van der Waals surface area (Å²) in [6.07, 6.45) is 2.20. The maximum atomic E-state index is 6.47. The van der Waals surface area contributed by atoms with E-state index in [-0.39, 0.29) is 12.4 Å². The van der Waals surface area contributed by atoms with Crippen LogP contribution in [0.15, 0.2) is 72.8 Å². The van der Waals surface area contributed by atoms with Gasteiger partial charge in [0.1, 0.15) is 0 Å². The number of halogens is 3. The van der Waals surface area contributed by atoms with E-state index in [0.717, 1.165) is 31.5 Å². The number of aryl methyl sites for hydroxylation is 1. The van der Waals surface area contributed by atoms with Gasteiger partial charge in [0.05, 0.1) is 0 Å². The molecule has 1 N–H and O–H groups in total. The van der Waals surface area contributed by atoms with Crippen LogP contribution in [0.25, 0.3) is 10.9 Å². The fourth-order valence-corrected chi connectivity index (χ4v) is 4.62. The summed E-state index contributed by atoms with van der Waals surface area (Å²) in [4.78, 5) is 0. The number of fused-ring (bicyclic) bond motifs is 1. The molecule has 0 fully saturated rings. The first-order chi connectivity index (χ1) is 15.0. The van der Waals surface area contributed by atoms with Crippen molar-refractivity contribution in [3.8, 4) is 0 Å². The second-order valence-corrected chi connectivity index (χ2v) is 9.05. The second kappa shape index (κ2) is 11.2. The summed E-state index contributed by atoms with van der Waals surface area (Å²) < 4.78 is 2.36. The average Bonchev–Trinajstić information content (AvgIpc) is 3.04. The van der Waals surface area contributed by atoms with Gasteiger partial charge in [-0.15, -0.1) is 12.4 Å². The molecule has 0 bridgehead atoms. The monoisotopic (exact) mass is 486 g/mol. The van der Waals surface area contributed by atoms with Gasteiger partial charge in [0.25, 0.3) is 0 Å². The van der Waals surface area contributed by atoms with E-state index in [1.165, 1.54) is 27.7 Å². The Kier molecular flexibility index (Phi) is 8.67. The number of rotatable bonds is 8. The molecular weight excluding hydrogens is 459 g/mol. The number of para-hydroxylation sites is 1. The van der Waals surface area contributed by atoms with Gasteiger partial charge >= 0.3 is 0 Å². The number of benzene rings is 3. The molecule has 0 saturated heterocycles. The molecule has 1 heterocycles. The minimum Gasteiger partial charge on any atom is -0.340 e. The summed E-state index contributed by atoms with van der Waals surface area (Å²) in [6.45, 7) is 6.05. The lowest BCUT2D eigenvalue weighted by Gasteiger charge is -2.15. The Morgan fingerprint density at radius 3 is 2.41 bits per heavy atom. The van der Waals surface area contributed by atoms with E-state index >= 15 is 0 Å². The largest absolute Gasteiger partial charge is 0.340 e. The molecule has 1 atom stereocenters. The summed E-state index contributed by atoms with van der Waals surface area (Å²) in [6, 6.07) is 25.5. The van der Waals surface area contributed by atoms with Gasteiger partial charge in [0.15, 0.2) is 0 Å². The average molecular weight is 488 g/mol. The van der Waals surface area contributed by atoms with Crippen LogP contribution in [0.1, 0.15) is 35.7 Å². The van der Waals surface area contributed by atoms with E-state index in [1.54, 1.807) is 0 Å². The van der Waals surface area contributed by atoms with Gasteiger partial charge < -0.3 is 9.88 Å². The highest BCUT2D eigenvalue weighted by atomic mass is 35.5. The molecule has 4 aromatic rings. The number of nitrogens with one attached hydrogen (secondary N) is 1. The molecule has 3 aromatic carbocycles. The first kappa shape index (κ1) is 24.7. The molecule has 5 heteroatoms. The molecule has 0 saturated carbocycles. The zero-order chi connectivity index (χ0) is 21.8. The van der Waals surface area contributed by atoms with Gasteiger partial charge in [0, 0.05) is 45.8 Å². The van der Waals surface area contributed by atoms with Gasteiger partial charge in [0.2, 0.25) is 0 Å². The van der Waals surface area contributed by atoms with Crippen LogP contribution in [-0.2, 0) is 19.5 Å². The summed E-state index contributed by atoms with van der Waals surface area (Å²) in [7, 11) is 0. The van der Waals surface area contributed by atoms with E-state index in [4.69, 9.17) is 23.2 Å². The Balaban J connectivity index is 0.00000289. The highest BCUT2D eigenvalue weighted by Crippen LogP contribution is 2.29. The lowest BCUT2D eigenvalue weighted by atomic mass is 10.1. The van der Waals surface area contributed by atoms with E-state index < -0.39 is 0 Å². The van der Waals surface area contributed by atoms with Crippen molar-refractivity contribution in [3.05, 3.63) is 105 Å². The standard InChI is InChI=1S/C27H28Cl2N2.ClH/c1-19(12-13-21-8-4-3-5-9-21)30-17-25-20(2)31(27-11-7-6-10-24(25)27)18-22-14-15-23(28)16-26(22)29;/h3-11,14-16,19,30H,12-13,17-18H2,1-2H3;1H. The molecule has 1 aromatic heterocycles. The Morgan fingerprint density at radius 1 is 0.938 bits per heavy atom. The van der Waals surface area contributed by atoms with Crippen molar-refractivity contribution in [2.24, 2.45) is 0 Å². The second-order valence-electron chi connectivity index (χ2n) is 8.21. The molecule has 0 aliphatic carbocycles. The molecule has 168 valence electrons. The van der Waals surface area contributed by atoms with Gasteiger partial charge in [-0.2, -0.15) is 0 Å². The molecule has 2 nitrogen and oxygen atoms in total. The minimum absolute atomic E-state index is 0. The smallest absolute Gasteiger partial charge is 0.0493 e. The van der Waals surface area contributed by atoms with Crippen LogP contribution in [0.2, 0.25) is 10.0 Å². The third-order valence-electron chi connectivity index (χ3n) is 6.04. The number of hydrogen-bond acceptors (Lipinski definition) is 1. The molecule has 0 amide bonds. The SMILES string of the molecule is Cc1c(CNC(C)CCc2ccccc2)c2ccccc2n1Cc1ccc(Cl)cc1Cl.Cl. The number of aromatic nitrogens is 1. The van der Waals surface area contributed by atoms with E-state index in [2.05, 4.69) is 78.3 Å². The van der Waals surface area contributed by atoms with Crippen molar-refractivity contribution in [1.29, 1.82) is 0 Å². The van der Waals surface area contributed by atoms with Crippen LogP contribution in [0.3, 0.4) is 0 Å². The van der Waals surface area contributed by atoms with Crippen molar-refractivity contribution >= 4 is 46.5 Å². The quantitative estimate of drug-likeness (QED) is 0.268. The van der Waals surface area contributed by atoms with E-state index in [0.29, 0.717) is 16.1 Å². The lowest BCUT2D eigenvalue weighted by molar-refractivity contribution is 0.513. The Bertz CT molecular complexity index is 1170. The zero-order valence-electron chi connectivity index (χ0n) is 18.4. The van der Waals surface area contributed by atoms with Crippen LogP contribution in [0.5, 0.6) is 0 Å². The molecule has 32 heavy (non-hydrogen) atoms. The number of hydrogen-bond donors (Lipinski definition) is 1. The molecule has 0 spiro atoms. The van der Waals surface area contributed by atoms with Crippen molar-refractivity contribution in [2.75, 3.05) is 0 Å². The Morgan fingerprint density at radius 2 is 1.66 bits per heavy atom. The van der Waals surface area contributed by atoms with Gasteiger partial charge in [-0.1, -0.05) is 77.8 Å². The lowest BCUT2D eigenvalue weighted by Crippen LogP contribution is -2.26. The van der Waals surface area contributed by atoms with Crippen LogP contribution in [0, 0.1) is 6.92 Å². The first-order valence-corrected chi connectivity index (χ1v) is 11.6. The fraction of sp³-hybridized carbons (Fsp3) is 0.259. The molecule has 0 radical (unpaired) electrons. The summed E-state index contributed by atoms with van der Waals surface area (Å²) in [5.74, 6) is 0. The molecular formula is C27H29Cl3N2. The van der Waals surface area contributed by atoms with Crippen LogP contribution >= 0.6 is 35.6 Å². The van der Waals surface area contributed by atoms with E-state index in [9.17, 15) is 0 Å². The molecule has 4 rings (SSSR count). The normalized spacial score (nSPS) is 12.0. The highest BCUT2D eigenvalue weighted by molar-refractivity contribution is 6.35. The van der Waals surface area contributed by atoms with Crippen molar-refractivity contribution in [2.45, 2.75) is 45.8 Å².